The van der Waals surface area contributed by atoms with E-state index in [1.54, 1.807) is 6.92 Å². The molecule has 18 heavy (non-hydrogen) atoms. The minimum atomic E-state index is -3.16. The number of hydrogen-bond acceptors (Lipinski definition) is 4. The average Bonchev–Trinajstić information content (AvgIpc) is 3.05. The lowest BCUT2D eigenvalue weighted by Gasteiger charge is -2.13. The van der Waals surface area contributed by atoms with Gasteiger partial charge in [-0.2, -0.15) is 0 Å². The van der Waals surface area contributed by atoms with E-state index in [0.29, 0.717) is 13.0 Å². The Balaban J connectivity index is 1.92. The molecule has 0 heterocycles. The third-order valence-corrected chi connectivity index (χ3v) is 5.78. The molecule has 2 aliphatic carbocycles. The highest BCUT2D eigenvalue weighted by molar-refractivity contribution is 7.90. The first-order chi connectivity index (χ1) is 8.44. The smallest absolute Gasteiger partial charge is 0.309 e. The Morgan fingerprint density at radius 1 is 1.33 bits per heavy atom. The molecule has 0 bridgehead atoms. The van der Waals surface area contributed by atoms with Crippen molar-refractivity contribution in [2.24, 2.45) is 11.8 Å². The van der Waals surface area contributed by atoms with Gasteiger partial charge < -0.3 is 4.74 Å². The number of rotatable bonds is 5. The first-order valence-electron chi connectivity index (χ1n) is 6.61. The van der Waals surface area contributed by atoms with Crippen LogP contribution in [0, 0.1) is 11.8 Å². The molecule has 0 aromatic heterocycles. The van der Waals surface area contributed by atoms with Crippen LogP contribution < -0.4 is 4.72 Å². The van der Waals surface area contributed by atoms with E-state index in [0.717, 1.165) is 19.3 Å². The van der Waals surface area contributed by atoms with Gasteiger partial charge in [-0.25, -0.2) is 13.1 Å². The van der Waals surface area contributed by atoms with Crippen molar-refractivity contribution in [1.82, 2.24) is 4.72 Å². The minimum Gasteiger partial charge on any atom is -0.466 e. The van der Waals surface area contributed by atoms with Crippen molar-refractivity contribution in [3.05, 3.63) is 0 Å². The summed E-state index contributed by atoms with van der Waals surface area (Å²) in [6, 6.07) is -0.111. The van der Waals surface area contributed by atoms with Crippen molar-refractivity contribution >= 4 is 16.0 Å². The molecule has 2 rings (SSSR count). The molecule has 6 heteroatoms. The standard InChI is InChI=1S/C12H21NO4S/c1-3-17-12(14)11-7-9(6-8(11)2)13-18(15,16)10-4-5-10/h8-11,13H,3-7H2,1-2H3. The van der Waals surface area contributed by atoms with Gasteiger partial charge in [-0.3, -0.25) is 4.79 Å². The van der Waals surface area contributed by atoms with Crippen LogP contribution in [0.15, 0.2) is 0 Å². The van der Waals surface area contributed by atoms with Gasteiger partial charge in [0.2, 0.25) is 10.0 Å². The average molecular weight is 275 g/mol. The second-order valence-electron chi connectivity index (χ2n) is 5.37. The van der Waals surface area contributed by atoms with Crippen LogP contribution in [0.25, 0.3) is 0 Å². The Kier molecular flexibility index (Phi) is 3.96. The number of carbonyl (C=O) groups excluding carboxylic acids is 1. The van der Waals surface area contributed by atoms with E-state index in [4.69, 9.17) is 4.74 Å². The molecule has 104 valence electrons. The van der Waals surface area contributed by atoms with Crippen LogP contribution in [-0.4, -0.2) is 32.3 Å². The Morgan fingerprint density at radius 2 is 2.00 bits per heavy atom. The van der Waals surface area contributed by atoms with E-state index in [1.165, 1.54) is 0 Å². The zero-order valence-electron chi connectivity index (χ0n) is 10.9. The molecular formula is C12H21NO4S. The predicted molar refractivity (Wildman–Crippen MR) is 67.4 cm³/mol. The van der Waals surface area contributed by atoms with E-state index in [-0.39, 0.29) is 29.1 Å². The maximum atomic E-state index is 11.8. The molecule has 0 aliphatic heterocycles. The van der Waals surface area contributed by atoms with Gasteiger partial charge in [0, 0.05) is 6.04 Å². The van der Waals surface area contributed by atoms with Crippen molar-refractivity contribution in [2.45, 2.75) is 50.8 Å². The maximum absolute atomic E-state index is 11.8. The molecule has 5 nitrogen and oxygen atoms in total. The summed E-state index contributed by atoms with van der Waals surface area (Å²) in [4.78, 5) is 11.7. The molecule has 2 fully saturated rings. The molecule has 0 radical (unpaired) electrons. The van der Waals surface area contributed by atoms with Crippen LogP contribution in [0.3, 0.4) is 0 Å². The molecular weight excluding hydrogens is 254 g/mol. The van der Waals surface area contributed by atoms with Crippen LogP contribution in [0.4, 0.5) is 0 Å². The van der Waals surface area contributed by atoms with Crippen molar-refractivity contribution < 1.29 is 17.9 Å². The molecule has 1 N–H and O–H groups in total. The van der Waals surface area contributed by atoms with Gasteiger partial charge >= 0.3 is 5.97 Å². The summed E-state index contributed by atoms with van der Waals surface area (Å²) in [5.74, 6) is -0.189. The van der Waals surface area contributed by atoms with E-state index in [9.17, 15) is 13.2 Å². The second kappa shape index (κ2) is 5.17. The minimum absolute atomic E-state index is 0.111. The number of sulfonamides is 1. The molecule has 0 amide bonds. The highest BCUT2D eigenvalue weighted by Crippen LogP contribution is 2.35. The molecule has 0 spiro atoms. The van der Waals surface area contributed by atoms with Gasteiger partial charge in [-0.05, 0) is 38.5 Å². The van der Waals surface area contributed by atoms with Crippen molar-refractivity contribution in [1.29, 1.82) is 0 Å². The first-order valence-corrected chi connectivity index (χ1v) is 8.16. The lowest BCUT2D eigenvalue weighted by Crippen LogP contribution is -2.35. The number of hydrogen-bond donors (Lipinski definition) is 1. The lowest BCUT2D eigenvalue weighted by atomic mass is 9.99. The summed E-state index contributed by atoms with van der Waals surface area (Å²) < 4.78 is 31.4. The molecule has 0 aromatic rings. The van der Waals surface area contributed by atoms with Gasteiger partial charge in [-0.1, -0.05) is 6.92 Å². The van der Waals surface area contributed by atoms with Gasteiger partial charge in [-0.15, -0.1) is 0 Å². The Hall–Kier alpha value is -0.620. The SMILES string of the molecule is CCOC(=O)C1CC(NS(=O)(=O)C2CC2)CC1C. The number of ether oxygens (including phenoxy) is 1. The van der Waals surface area contributed by atoms with E-state index < -0.39 is 10.0 Å². The molecule has 2 saturated carbocycles. The van der Waals surface area contributed by atoms with Gasteiger partial charge in [0.25, 0.3) is 0 Å². The lowest BCUT2D eigenvalue weighted by molar-refractivity contribution is -0.149. The van der Waals surface area contributed by atoms with Crippen LogP contribution in [0.2, 0.25) is 0 Å². The van der Waals surface area contributed by atoms with E-state index in [2.05, 4.69) is 4.72 Å². The summed E-state index contributed by atoms with van der Waals surface area (Å²) >= 11 is 0. The van der Waals surface area contributed by atoms with Crippen LogP contribution in [-0.2, 0) is 19.6 Å². The van der Waals surface area contributed by atoms with Crippen LogP contribution in [0.1, 0.15) is 39.5 Å². The maximum Gasteiger partial charge on any atom is 0.309 e. The van der Waals surface area contributed by atoms with E-state index in [1.807, 2.05) is 6.92 Å². The summed E-state index contributed by atoms with van der Waals surface area (Å²) in [5, 5.41) is -0.200. The zero-order chi connectivity index (χ0) is 13.3. The van der Waals surface area contributed by atoms with Crippen LogP contribution >= 0.6 is 0 Å². The van der Waals surface area contributed by atoms with Gasteiger partial charge in [0.15, 0.2) is 0 Å². The Morgan fingerprint density at radius 3 is 2.56 bits per heavy atom. The van der Waals surface area contributed by atoms with Gasteiger partial charge in [0.05, 0.1) is 17.8 Å². The van der Waals surface area contributed by atoms with E-state index >= 15 is 0 Å². The summed E-state index contributed by atoms with van der Waals surface area (Å²) in [7, 11) is -3.16. The number of nitrogens with one attached hydrogen (secondary N) is 1. The van der Waals surface area contributed by atoms with Gasteiger partial charge in [0.1, 0.15) is 0 Å². The quantitative estimate of drug-likeness (QED) is 0.761. The fourth-order valence-electron chi connectivity index (χ4n) is 2.63. The second-order valence-corrected chi connectivity index (χ2v) is 7.36. The van der Waals surface area contributed by atoms with Crippen molar-refractivity contribution in [2.75, 3.05) is 6.61 Å². The third-order valence-electron chi connectivity index (χ3n) is 3.77. The largest absolute Gasteiger partial charge is 0.466 e. The fraction of sp³-hybridized carbons (Fsp3) is 0.917. The highest BCUT2D eigenvalue weighted by Gasteiger charge is 2.42. The normalized spacial score (nSPS) is 32.4. The Labute approximate surface area is 108 Å². The number of carbonyl (C=O) groups is 1. The van der Waals surface area contributed by atoms with Crippen molar-refractivity contribution in [3.8, 4) is 0 Å². The first kappa shape index (κ1) is 13.8. The van der Waals surface area contributed by atoms with Crippen molar-refractivity contribution in [3.63, 3.8) is 0 Å². The Bertz CT molecular complexity index is 416. The molecule has 3 atom stereocenters. The summed E-state index contributed by atoms with van der Waals surface area (Å²) in [6.07, 6.45) is 2.80. The highest BCUT2D eigenvalue weighted by atomic mass is 32.2. The summed E-state index contributed by atoms with van der Waals surface area (Å²) in [6.45, 7) is 4.14. The molecule has 0 saturated heterocycles. The fourth-order valence-corrected chi connectivity index (χ4v) is 4.24. The molecule has 2 aliphatic rings. The third kappa shape index (κ3) is 3.03. The predicted octanol–water partition coefficient (Wildman–Crippen LogP) is 1.05. The van der Waals surface area contributed by atoms with Crippen LogP contribution in [0.5, 0.6) is 0 Å². The zero-order valence-corrected chi connectivity index (χ0v) is 11.7. The number of esters is 1. The monoisotopic (exact) mass is 275 g/mol. The summed E-state index contributed by atoms with van der Waals surface area (Å²) in [5.41, 5.74) is 0. The molecule has 0 aromatic carbocycles. The topological polar surface area (TPSA) is 72.5 Å². The molecule has 3 unspecified atom stereocenters.